The van der Waals surface area contributed by atoms with Crippen molar-refractivity contribution in [1.29, 1.82) is 0 Å². The average Bonchev–Trinajstić information content (AvgIpc) is 2.55. The maximum absolute atomic E-state index is 12.2. The third-order valence-electron chi connectivity index (χ3n) is 3.75. The molecule has 1 amide bonds. The molecule has 0 bridgehead atoms. The lowest BCUT2D eigenvalue weighted by Gasteiger charge is -2.19. The second-order valence-electron chi connectivity index (χ2n) is 6.83. The van der Waals surface area contributed by atoms with Crippen molar-refractivity contribution in [3.63, 3.8) is 0 Å². The number of nitro benzene ring substituents is 1. The van der Waals surface area contributed by atoms with E-state index < -0.39 is 11.0 Å². The lowest BCUT2D eigenvalue weighted by atomic mass is 9.87. The maximum Gasteiger partial charge on any atom is 0.269 e. The van der Waals surface area contributed by atoms with E-state index in [0.29, 0.717) is 11.4 Å². The standard InChI is InChI=1S/C19H22N2O4/c1-13(25-17-11-9-16(10-12-17)21(23)24)18(22)20-15-7-5-14(6-8-15)19(2,3)4/h5-13H,1-4H3,(H,20,22). The first-order chi connectivity index (χ1) is 11.7. The molecule has 25 heavy (non-hydrogen) atoms. The van der Waals surface area contributed by atoms with Crippen molar-refractivity contribution in [3.8, 4) is 5.75 Å². The minimum absolute atomic E-state index is 0.0246. The molecule has 2 aromatic rings. The van der Waals surface area contributed by atoms with E-state index in [4.69, 9.17) is 4.74 Å². The van der Waals surface area contributed by atoms with Gasteiger partial charge in [-0.1, -0.05) is 32.9 Å². The SMILES string of the molecule is CC(Oc1ccc([N+](=O)[O-])cc1)C(=O)Nc1ccc(C(C)(C)C)cc1. The Labute approximate surface area is 147 Å². The van der Waals surface area contributed by atoms with E-state index in [1.807, 2.05) is 24.3 Å². The number of hydrogen-bond donors (Lipinski definition) is 1. The van der Waals surface area contributed by atoms with Crippen LogP contribution in [-0.2, 0) is 10.2 Å². The molecule has 1 atom stereocenters. The second kappa shape index (κ2) is 7.34. The van der Waals surface area contributed by atoms with Gasteiger partial charge in [0.2, 0.25) is 0 Å². The molecular formula is C19H22N2O4. The monoisotopic (exact) mass is 342 g/mol. The highest BCUT2D eigenvalue weighted by molar-refractivity contribution is 5.94. The van der Waals surface area contributed by atoms with Crippen molar-refractivity contribution < 1.29 is 14.5 Å². The number of amides is 1. The van der Waals surface area contributed by atoms with Crippen LogP contribution in [0.15, 0.2) is 48.5 Å². The Hall–Kier alpha value is -2.89. The lowest BCUT2D eigenvalue weighted by Crippen LogP contribution is -2.30. The molecule has 0 spiro atoms. The zero-order valence-corrected chi connectivity index (χ0v) is 14.8. The van der Waals surface area contributed by atoms with Crippen LogP contribution in [0.2, 0.25) is 0 Å². The van der Waals surface area contributed by atoms with E-state index in [1.54, 1.807) is 6.92 Å². The predicted molar refractivity (Wildman–Crippen MR) is 97.0 cm³/mol. The van der Waals surface area contributed by atoms with Crippen molar-refractivity contribution in [2.45, 2.75) is 39.2 Å². The summed E-state index contributed by atoms with van der Waals surface area (Å²) in [7, 11) is 0. The summed E-state index contributed by atoms with van der Waals surface area (Å²) >= 11 is 0. The molecule has 0 fully saturated rings. The van der Waals surface area contributed by atoms with E-state index in [0.717, 1.165) is 0 Å². The zero-order valence-electron chi connectivity index (χ0n) is 14.8. The molecule has 0 aliphatic carbocycles. The summed E-state index contributed by atoms with van der Waals surface area (Å²) in [5, 5.41) is 13.4. The molecule has 0 radical (unpaired) electrons. The van der Waals surface area contributed by atoms with E-state index >= 15 is 0 Å². The van der Waals surface area contributed by atoms with Gasteiger partial charge in [-0.2, -0.15) is 0 Å². The number of non-ortho nitro benzene ring substituents is 1. The molecule has 0 saturated carbocycles. The molecule has 1 N–H and O–H groups in total. The van der Waals surface area contributed by atoms with Crippen LogP contribution < -0.4 is 10.1 Å². The smallest absolute Gasteiger partial charge is 0.269 e. The number of ether oxygens (including phenoxy) is 1. The van der Waals surface area contributed by atoms with Crippen molar-refractivity contribution >= 4 is 17.3 Å². The summed E-state index contributed by atoms with van der Waals surface area (Å²) in [4.78, 5) is 22.4. The molecule has 0 saturated heterocycles. The molecule has 0 heterocycles. The predicted octanol–water partition coefficient (Wildman–Crippen LogP) is 4.30. The number of nitro groups is 1. The summed E-state index contributed by atoms with van der Waals surface area (Å²) in [6.07, 6.45) is -0.733. The number of anilines is 1. The summed E-state index contributed by atoms with van der Waals surface area (Å²) in [6, 6.07) is 13.3. The number of rotatable bonds is 5. The van der Waals surface area contributed by atoms with Crippen molar-refractivity contribution in [3.05, 3.63) is 64.2 Å². The third kappa shape index (κ3) is 5.04. The fraction of sp³-hybridized carbons (Fsp3) is 0.316. The molecule has 132 valence electrons. The number of hydrogen-bond acceptors (Lipinski definition) is 4. The minimum Gasteiger partial charge on any atom is -0.481 e. The van der Waals surface area contributed by atoms with Gasteiger partial charge in [-0.15, -0.1) is 0 Å². The molecule has 1 unspecified atom stereocenters. The van der Waals surface area contributed by atoms with Crippen LogP contribution in [0.1, 0.15) is 33.3 Å². The first-order valence-electron chi connectivity index (χ1n) is 7.99. The number of benzene rings is 2. The number of carbonyl (C=O) groups is 1. The van der Waals surface area contributed by atoms with Crippen molar-refractivity contribution in [1.82, 2.24) is 0 Å². The highest BCUT2D eigenvalue weighted by Crippen LogP contribution is 2.24. The number of carbonyl (C=O) groups excluding carboxylic acids is 1. The van der Waals surface area contributed by atoms with E-state index in [9.17, 15) is 14.9 Å². The van der Waals surface area contributed by atoms with Crippen LogP contribution in [0, 0.1) is 10.1 Å². The van der Waals surface area contributed by atoms with Gasteiger partial charge in [-0.25, -0.2) is 0 Å². The maximum atomic E-state index is 12.2. The molecule has 0 aliphatic rings. The Balaban J connectivity index is 1.97. The van der Waals surface area contributed by atoms with E-state index in [1.165, 1.54) is 29.8 Å². The molecular weight excluding hydrogens is 320 g/mol. The molecule has 2 rings (SSSR count). The van der Waals surface area contributed by atoms with Crippen LogP contribution in [0.4, 0.5) is 11.4 Å². The molecule has 6 nitrogen and oxygen atoms in total. The van der Waals surface area contributed by atoms with Gasteiger partial charge in [0.25, 0.3) is 11.6 Å². The Morgan fingerprint density at radius 2 is 1.64 bits per heavy atom. The molecule has 0 aliphatic heterocycles. The fourth-order valence-electron chi connectivity index (χ4n) is 2.20. The van der Waals surface area contributed by atoms with Gasteiger partial charge < -0.3 is 10.1 Å². The van der Waals surface area contributed by atoms with Crippen LogP contribution in [0.5, 0.6) is 5.75 Å². The van der Waals surface area contributed by atoms with Crippen LogP contribution in [0.25, 0.3) is 0 Å². The minimum atomic E-state index is -0.733. The Kier molecular flexibility index (Phi) is 5.41. The van der Waals surface area contributed by atoms with Crippen LogP contribution in [-0.4, -0.2) is 16.9 Å². The summed E-state index contributed by atoms with van der Waals surface area (Å²) in [5.41, 5.74) is 1.90. The van der Waals surface area contributed by atoms with Gasteiger partial charge in [0.1, 0.15) is 5.75 Å². The number of nitrogens with zero attached hydrogens (tertiary/aromatic N) is 1. The number of nitrogens with one attached hydrogen (secondary N) is 1. The summed E-state index contributed by atoms with van der Waals surface area (Å²) in [6.45, 7) is 8.00. The van der Waals surface area contributed by atoms with Crippen molar-refractivity contribution in [2.75, 3.05) is 5.32 Å². The first kappa shape index (κ1) is 18.4. The Morgan fingerprint density at radius 1 is 1.08 bits per heavy atom. The fourth-order valence-corrected chi connectivity index (χ4v) is 2.20. The Morgan fingerprint density at radius 3 is 2.12 bits per heavy atom. The largest absolute Gasteiger partial charge is 0.481 e. The normalized spacial score (nSPS) is 12.3. The third-order valence-corrected chi connectivity index (χ3v) is 3.75. The van der Waals surface area contributed by atoms with Gasteiger partial charge in [0.05, 0.1) is 4.92 Å². The van der Waals surface area contributed by atoms with E-state index in [2.05, 4.69) is 26.1 Å². The van der Waals surface area contributed by atoms with Crippen LogP contribution in [0.3, 0.4) is 0 Å². The van der Waals surface area contributed by atoms with E-state index in [-0.39, 0.29) is 17.0 Å². The molecule has 6 heteroatoms. The highest BCUT2D eigenvalue weighted by Gasteiger charge is 2.17. The topological polar surface area (TPSA) is 81.5 Å². The summed E-state index contributed by atoms with van der Waals surface area (Å²) in [5.74, 6) is 0.109. The van der Waals surface area contributed by atoms with Gasteiger partial charge in [0.15, 0.2) is 6.10 Å². The molecule has 2 aromatic carbocycles. The second-order valence-corrected chi connectivity index (χ2v) is 6.83. The lowest BCUT2D eigenvalue weighted by molar-refractivity contribution is -0.384. The Bertz CT molecular complexity index is 746. The van der Waals surface area contributed by atoms with Gasteiger partial charge in [0, 0.05) is 17.8 Å². The van der Waals surface area contributed by atoms with Gasteiger partial charge in [-0.05, 0) is 42.2 Å². The quantitative estimate of drug-likeness (QED) is 0.649. The van der Waals surface area contributed by atoms with Crippen molar-refractivity contribution in [2.24, 2.45) is 0 Å². The zero-order chi connectivity index (χ0) is 18.6. The highest BCUT2D eigenvalue weighted by atomic mass is 16.6. The molecule has 0 aromatic heterocycles. The average molecular weight is 342 g/mol. The summed E-state index contributed by atoms with van der Waals surface area (Å²) < 4.78 is 5.53. The van der Waals surface area contributed by atoms with Gasteiger partial charge >= 0.3 is 0 Å². The van der Waals surface area contributed by atoms with Crippen LogP contribution >= 0.6 is 0 Å². The van der Waals surface area contributed by atoms with Gasteiger partial charge in [-0.3, -0.25) is 14.9 Å². The first-order valence-corrected chi connectivity index (χ1v) is 7.99.